The van der Waals surface area contributed by atoms with E-state index in [-0.39, 0.29) is 11.9 Å². The second-order valence-electron chi connectivity index (χ2n) is 5.60. The van der Waals surface area contributed by atoms with Crippen molar-refractivity contribution in [3.63, 3.8) is 0 Å². The van der Waals surface area contributed by atoms with Gasteiger partial charge in [0.1, 0.15) is 5.82 Å². The highest BCUT2D eigenvalue weighted by molar-refractivity contribution is 5.76. The van der Waals surface area contributed by atoms with Crippen LogP contribution in [0, 0.1) is 5.92 Å². The lowest BCUT2D eigenvalue weighted by molar-refractivity contribution is -0.141. The third kappa shape index (κ3) is 2.45. The van der Waals surface area contributed by atoms with E-state index in [4.69, 9.17) is 5.11 Å². The third-order valence-electron chi connectivity index (χ3n) is 4.31. The van der Waals surface area contributed by atoms with Gasteiger partial charge in [0.05, 0.1) is 23.0 Å². The van der Waals surface area contributed by atoms with E-state index in [2.05, 4.69) is 4.98 Å². The minimum Gasteiger partial charge on any atom is -0.481 e. The monoisotopic (exact) mass is 309 g/mol. The molecule has 118 valence electrons. The van der Waals surface area contributed by atoms with E-state index in [1.54, 1.807) is 31.2 Å². The van der Waals surface area contributed by atoms with E-state index >= 15 is 0 Å². The van der Waals surface area contributed by atoms with Crippen LogP contribution in [0.3, 0.4) is 0 Å². The summed E-state index contributed by atoms with van der Waals surface area (Å²) in [6.07, 6.45) is 0.536. The number of aliphatic carboxylic acids is 1. The molecule has 2 heterocycles. The molecule has 1 aromatic heterocycles. The molecular weight excluding hydrogens is 292 g/mol. The number of hydrogen-bond acceptors (Lipinski definition) is 3. The molecule has 0 aliphatic carbocycles. The summed E-state index contributed by atoms with van der Waals surface area (Å²) in [5, 5.41) is 9.07. The lowest BCUT2D eigenvalue weighted by atomic mass is 10.1. The molecular formula is C15H17F2N3O2. The molecule has 0 amide bonds. The molecule has 3 rings (SSSR count). The van der Waals surface area contributed by atoms with Crippen molar-refractivity contribution in [1.29, 1.82) is 0 Å². The second-order valence-corrected chi connectivity index (χ2v) is 5.60. The Balaban J connectivity index is 1.96. The molecule has 0 bridgehead atoms. The molecule has 0 spiro atoms. The van der Waals surface area contributed by atoms with Crippen molar-refractivity contribution in [1.82, 2.24) is 14.5 Å². The lowest BCUT2D eigenvalue weighted by Crippen LogP contribution is -2.28. The number of imidazole rings is 1. The Morgan fingerprint density at radius 2 is 2.14 bits per heavy atom. The molecule has 7 heteroatoms. The number of carbonyl (C=O) groups is 1. The van der Waals surface area contributed by atoms with Gasteiger partial charge in [-0.15, -0.1) is 0 Å². The predicted molar refractivity (Wildman–Crippen MR) is 76.7 cm³/mol. The van der Waals surface area contributed by atoms with Crippen molar-refractivity contribution in [2.45, 2.75) is 25.9 Å². The van der Waals surface area contributed by atoms with Gasteiger partial charge >= 0.3 is 12.5 Å². The Morgan fingerprint density at radius 1 is 1.41 bits per heavy atom. The van der Waals surface area contributed by atoms with Crippen LogP contribution in [0.25, 0.3) is 11.0 Å². The number of aromatic nitrogens is 2. The topological polar surface area (TPSA) is 58.4 Å². The number of carboxylic acid groups (broad SMARTS) is 1. The summed E-state index contributed by atoms with van der Waals surface area (Å²) < 4.78 is 27.8. The average Bonchev–Trinajstić information content (AvgIpc) is 3.11. The number of hydrogen-bond donors (Lipinski definition) is 1. The molecule has 2 atom stereocenters. The fourth-order valence-corrected chi connectivity index (χ4v) is 3.07. The standard InChI is InChI=1S/C15H17F2N3O2/c1-9(19-7-6-10(8-19)14(21)22)13-18-11-4-2-3-5-12(11)20(13)15(16)17/h2-5,9-10,15H,6-8H2,1H3,(H,21,22). The van der Waals surface area contributed by atoms with Gasteiger partial charge in [0.2, 0.25) is 0 Å². The van der Waals surface area contributed by atoms with Crippen molar-refractivity contribution >= 4 is 17.0 Å². The number of nitrogens with zero attached hydrogens (tertiary/aromatic N) is 3. The maximum atomic E-state index is 13.5. The van der Waals surface area contributed by atoms with Gasteiger partial charge in [-0.05, 0) is 32.0 Å². The number of halogens is 2. The third-order valence-corrected chi connectivity index (χ3v) is 4.31. The normalized spacial score (nSPS) is 20.8. The van der Waals surface area contributed by atoms with Gasteiger partial charge < -0.3 is 5.11 Å². The molecule has 2 aromatic rings. The summed E-state index contributed by atoms with van der Waals surface area (Å²) in [4.78, 5) is 17.3. The first-order valence-corrected chi connectivity index (χ1v) is 7.21. The molecule has 1 saturated heterocycles. The molecule has 1 N–H and O–H groups in total. The summed E-state index contributed by atoms with van der Waals surface area (Å²) in [6, 6.07) is 6.43. The number of benzene rings is 1. The van der Waals surface area contributed by atoms with Crippen LogP contribution in [0.15, 0.2) is 24.3 Å². The smallest absolute Gasteiger partial charge is 0.320 e. The number of rotatable bonds is 4. The van der Waals surface area contributed by atoms with Crippen LogP contribution >= 0.6 is 0 Å². The lowest BCUT2D eigenvalue weighted by Gasteiger charge is -2.24. The van der Waals surface area contributed by atoms with Gasteiger partial charge in [0.15, 0.2) is 0 Å². The molecule has 1 aromatic carbocycles. The van der Waals surface area contributed by atoms with Crippen molar-refractivity contribution in [2.75, 3.05) is 13.1 Å². The van der Waals surface area contributed by atoms with Gasteiger partial charge in [0.25, 0.3) is 0 Å². The van der Waals surface area contributed by atoms with E-state index < -0.39 is 18.4 Å². The second kappa shape index (κ2) is 5.64. The molecule has 2 unspecified atom stereocenters. The summed E-state index contributed by atoms with van der Waals surface area (Å²) in [7, 11) is 0. The number of likely N-dealkylation sites (tertiary alicyclic amines) is 1. The summed E-state index contributed by atoms with van der Waals surface area (Å²) in [5.41, 5.74) is 0.923. The van der Waals surface area contributed by atoms with Crippen LogP contribution in [0.2, 0.25) is 0 Å². The first-order chi connectivity index (χ1) is 10.5. The number of fused-ring (bicyclic) bond motifs is 1. The van der Waals surface area contributed by atoms with Crippen LogP contribution in [-0.4, -0.2) is 38.6 Å². The summed E-state index contributed by atoms with van der Waals surface area (Å²) in [5.74, 6) is -0.994. The average molecular weight is 309 g/mol. The quantitative estimate of drug-likeness (QED) is 0.943. The number of para-hydroxylation sites is 2. The Morgan fingerprint density at radius 3 is 2.77 bits per heavy atom. The van der Waals surface area contributed by atoms with Crippen LogP contribution in [0.4, 0.5) is 8.78 Å². The van der Waals surface area contributed by atoms with E-state index in [0.29, 0.717) is 30.5 Å². The number of carboxylic acids is 1. The largest absolute Gasteiger partial charge is 0.481 e. The Bertz CT molecular complexity index is 701. The van der Waals surface area contributed by atoms with E-state index in [9.17, 15) is 13.6 Å². The van der Waals surface area contributed by atoms with Crippen molar-refractivity contribution in [2.24, 2.45) is 5.92 Å². The molecule has 1 aliphatic rings. The van der Waals surface area contributed by atoms with Crippen LogP contribution < -0.4 is 0 Å². The maximum absolute atomic E-state index is 13.5. The molecule has 22 heavy (non-hydrogen) atoms. The highest BCUT2D eigenvalue weighted by atomic mass is 19.3. The van der Waals surface area contributed by atoms with E-state index in [1.165, 1.54) is 0 Å². The first kappa shape index (κ1) is 14.9. The molecule has 0 saturated carbocycles. The highest BCUT2D eigenvalue weighted by Crippen LogP contribution is 2.32. The van der Waals surface area contributed by atoms with Crippen LogP contribution in [0.5, 0.6) is 0 Å². The maximum Gasteiger partial charge on any atom is 0.320 e. The predicted octanol–water partition coefficient (Wildman–Crippen LogP) is 2.90. The Hall–Kier alpha value is -2.02. The SMILES string of the molecule is CC(c1nc2ccccc2n1C(F)F)N1CCC(C(=O)O)C1. The minimum absolute atomic E-state index is 0.280. The Labute approximate surface area is 126 Å². The van der Waals surface area contributed by atoms with Gasteiger partial charge in [-0.25, -0.2) is 4.98 Å². The molecule has 0 radical (unpaired) electrons. The fourth-order valence-electron chi connectivity index (χ4n) is 3.07. The molecule has 1 fully saturated rings. The minimum atomic E-state index is -2.68. The van der Waals surface area contributed by atoms with Crippen LogP contribution in [-0.2, 0) is 4.79 Å². The Kier molecular flexibility index (Phi) is 3.82. The van der Waals surface area contributed by atoms with Crippen molar-refractivity contribution in [3.8, 4) is 0 Å². The zero-order valence-corrected chi connectivity index (χ0v) is 12.1. The molecule has 1 aliphatic heterocycles. The summed E-state index contributed by atoms with van der Waals surface area (Å²) in [6.45, 7) is 0.0559. The summed E-state index contributed by atoms with van der Waals surface area (Å²) >= 11 is 0. The van der Waals surface area contributed by atoms with Gasteiger partial charge in [-0.2, -0.15) is 8.78 Å². The highest BCUT2D eigenvalue weighted by Gasteiger charge is 2.33. The van der Waals surface area contributed by atoms with Crippen LogP contribution in [0.1, 0.15) is 31.8 Å². The first-order valence-electron chi connectivity index (χ1n) is 7.21. The number of alkyl halides is 2. The van der Waals surface area contributed by atoms with Crippen molar-refractivity contribution in [3.05, 3.63) is 30.1 Å². The molecule has 5 nitrogen and oxygen atoms in total. The van der Waals surface area contributed by atoms with E-state index in [0.717, 1.165) is 4.57 Å². The van der Waals surface area contributed by atoms with Gasteiger partial charge in [0, 0.05) is 6.54 Å². The fraction of sp³-hybridized carbons (Fsp3) is 0.467. The zero-order valence-electron chi connectivity index (χ0n) is 12.1. The van der Waals surface area contributed by atoms with Gasteiger partial charge in [-0.3, -0.25) is 14.3 Å². The van der Waals surface area contributed by atoms with Gasteiger partial charge in [-0.1, -0.05) is 12.1 Å². The van der Waals surface area contributed by atoms with Crippen molar-refractivity contribution < 1.29 is 18.7 Å². The zero-order chi connectivity index (χ0) is 15.9. The van der Waals surface area contributed by atoms with E-state index in [1.807, 2.05) is 4.90 Å².